The van der Waals surface area contributed by atoms with Gasteiger partial charge in [0.05, 0.1) is 0 Å². The number of aryl methyl sites for hydroxylation is 1. The van der Waals surface area contributed by atoms with Gasteiger partial charge in [0.15, 0.2) is 0 Å². The first-order chi connectivity index (χ1) is 8.09. The molecule has 0 N–H and O–H groups in total. The van der Waals surface area contributed by atoms with Crippen molar-refractivity contribution in [1.29, 1.82) is 0 Å². The van der Waals surface area contributed by atoms with Gasteiger partial charge in [-0.15, -0.1) is 0 Å². The van der Waals surface area contributed by atoms with Crippen LogP contribution in [0.5, 0.6) is 0 Å². The van der Waals surface area contributed by atoms with E-state index in [0.717, 1.165) is 11.1 Å². The zero-order valence-corrected chi connectivity index (χ0v) is 10.5. The highest BCUT2D eigenvalue weighted by Crippen LogP contribution is 2.28. The highest BCUT2D eigenvalue weighted by atomic mass is 19.1. The Morgan fingerprint density at radius 2 is 1.65 bits per heavy atom. The Morgan fingerprint density at radius 1 is 0.941 bits per heavy atom. The first kappa shape index (κ1) is 11.8. The van der Waals surface area contributed by atoms with E-state index < -0.39 is 0 Å². The molecule has 0 heterocycles. The van der Waals surface area contributed by atoms with Gasteiger partial charge in [-0.05, 0) is 41.7 Å². The van der Waals surface area contributed by atoms with E-state index in [1.165, 1.54) is 5.56 Å². The van der Waals surface area contributed by atoms with Crippen LogP contribution >= 0.6 is 0 Å². The number of hydrogen-bond acceptors (Lipinski definition) is 0. The summed E-state index contributed by atoms with van der Waals surface area (Å²) in [6.07, 6.45) is 0. The maximum absolute atomic E-state index is 13.9. The second-order valence-electron chi connectivity index (χ2n) is 4.71. The van der Waals surface area contributed by atoms with Crippen molar-refractivity contribution in [2.45, 2.75) is 26.7 Å². The molecule has 0 radical (unpaired) electrons. The molecule has 2 aromatic carbocycles. The molecule has 0 fully saturated rings. The molecule has 0 aliphatic rings. The van der Waals surface area contributed by atoms with Gasteiger partial charge in [-0.1, -0.05) is 44.2 Å². The van der Waals surface area contributed by atoms with Gasteiger partial charge in [0, 0.05) is 5.56 Å². The normalized spacial score (nSPS) is 10.9. The van der Waals surface area contributed by atoms with Crippen LogP contribution in [0.4, 0.5) is 4.39 Å². The van der Waals surface area contributed by atoms with Crippen LogP contribution in [0, 0.1) is 12.7 Å². The van der Waals surface area contributed by atoms with Gasteiger partial charge in [-0.2, -0.15) is 0 Å². The Bertz CT molecular complexity index is 527. The fourth-order valence-corrected chi connectivity index (χ4v) is 1.98. The van der Waals surface area contributed by atoms with Gasteiger partial charge in [-0.3, -0.25) is 0 Å². The maximum atomic E-state index is 13.9. The summed E-state index contributed by atoms with van der Waals surface area (Å²) < 4.78 is 13.9. The van der Waals surface area contributed by atoms with Crippen molar-refractivity contribution >= 4 is 0 Å². The van der Waals surface area contributed by atoms with Crippen molar-refractivity contribution in [3.05, 3.63) is 59.4 Å². The van der Waals surface area contributed by atoms with Gasteiger partial charge in [0.2, 0.25) is 0 Å². The van der Waals surface area contributed by atoms with E-state index in [-0.39, 0.29) is 5.82 Å². The molecule has 0 unspecified atom stereocenters. The quantitative estimate of drug-likeness (QED) is 0.684. The summed E-state index contributed by atoms with van der Waals surface area (Å²) in [5.41, 5.74) is 3.96. The minimum Gasteiger partial charge on any atom is -0.206 e. The van der Waals surface area contributed by atoms with Gasteiger partial charge in [0.25, 0.3) is 0 Å². The zero-order chi connectivity index (χ0) is 12.4. The van der Waals surface area contributed by atoms with Crippen LogP contribution in [0.15, 0.2) is 42.5 Å². The van der Waals surface area contributed by atoms with Crippen molar-refractivity contribution in [3.63, 3.8) is 0 Å². The number of hydrogen-bond donors (Lipinski definition) is 0. The second kappa shape index (κ2) is 4.70. The van der Waals surface area contributed by atoms with Crippen molar-refractivity contribution in [1.82, 2.24) is 0 Å². The van der Waals surface area contributed by atoms with Crippen LogP contribution in [0.2, 0.25) is 0 Å². The van der Waals surface area contributed by atoms with E-state index in [2.05, 4.69) is 13.8 Å². The molecule has 2 aromatic rings. The molecule has 0 saturated carbocycles. The van der Waals surface area contributed by atoms with Crippen LogP contribution < -0.4 is 0 Å². The summed E-state index contributed by atoms with van der Waals surface area (Å²) in [6, 6.07) is 13.3. The van der Waals surface area contributed by atoms with Gasteiger partial charge in [-0.25, -0.2) is 4.39 Å². The molecule has 0 atom stereocenters. The third-order valence-corrected chi connectivity index (χ3v) is 3.09. The SMILES string of the molecule is Cc1ccccc1-c1cc(C(C)C)ccc1F. The average Bonchev–Trinajstić information content (AvgIpc) is 2.30. The number of halogens is 1. The molecule has 0 aromatic heterocycles. The molecule has 0 bridgehead atoms. The van der Waals surface area contributed by atoms with E-state index in [1.54, 1.807) is 6.07 Å². The minimum atomic E-state index is -0.149. The first-order valence-electron chi connectivity index (χ1n) is 5.95. The average molecular weight is 228 g/mol. The molecule has 0 aliphatic carbocycles. The Kier molecular flexibility index (Phi) is 3.28. The van der Waals surface area contributed by atoms with Crippen LogP contribution in [-0.2, 0) is 0 Å². The summed E-state index contributed by atoms with van der Waals surface area (Å²) >= 11 is 0. The Hall–Kier alpha value is -1.63. The standard InChI is InChI=1S/C16H17F/c1-11(2)13-8-9-16(17)15(10-13)14-7-5-4-6-12(14)3/h4-11H,1-3H3. The van der Waals surface area contributed by atoms with Crippen LogP contribution in [0.3, 0.4) is 0 Å². The third-order valence-electron chi connectivity index (χ3n) is 3.09. The second-order valence-corrected chi connectivity index (χ2v) is 4.71. The summed E-state index contributed by atoms with van der Waals surface area (Å²) in [5, 5.41) is 0. The molecule has 1 heteroatoms. The van der Waals surface area contributed by atoms with Gasteiger partial charge >= 0.3 is 0 Å². The predicted molar refractivity (Wildman–Crippen MR) is 70.7 cm³/mol. The molecule has 0 spiro atoms. The van der Waals surface area contributed by atoms with E-state index in [4.69, 9.17) is 0 Å². The summed E-state index contributed by atoms with van der Waals surface area (Å²) in [6.45, 7) is 6.25. The molecule has 0 nitrogen and oxygen atoms in total. The van der Waals surface area contributed by atoms with Crippen molar-refractivity contribution in [3.8, 4) is 11.1 Å². The molecule has 0 saturated heterocycles. The van der Waals surface area contributed by atoms with Crippen molar-refractivity contribution < 1.29 is 4.39 Å². The van der Waals surface area contributed by atoms with E-state index in [1.807, 2.05) is 43.3 Å². The number of rotatable bonds is 2. The van der Waals surface area contributed by atoms with Crippen LogP contribution in [-0.4, -0.2) is 0 Å². The fourth-order valence-electron chi connectivity index (χ4n) is 1.98. The van der Waals surface area contributed by atoms with E-state index in [0.29, 0.717) is 11.5 Å². The molecule has 2 rings (SSSR count). The Balaban J connectivity index is 2.59. The number of benzene rings is 2. The summed E-state index contributed by atoms with van der Waals surface area (Å²) in [7, 11) is 0. The van der Waals surface area contributed by atoms with Gasteiger partial charge in [0.1, 0.15) is 5.82 Å². The fraction of sp³-hybridized carbons (Fsp3) is 0.250. The van der Waals surface area contributed by atoms with Crippen molar-refractivity contribution in [2.75, 3.05) is 0 Å². The predicted octanol–water partition coefficient (Wildman–Crippen LogP) is 4.92. The summed E-state index contributed by atoms with van der Waals surface area (Å²) in [5.74, 6) is 0.266. The monoisotopic (exact) mass is 228 g/mol. The maximum Gasteiger partial charge on any atom is 0.131 e. The van der Waals surface area contributed by atoms with Crippen molar-refractivity contribution in [2.24, 2.45) is 0 Å². The Labute approximate surface area is 102 Å². The lowest BCUT2D eigenvalue weighted by molar-refractivity contribution is 0.629. The van der Waals surface area contributed by atoms with Crippen LogP contribution in [0.25, 0.3) is 11.1 Å². The lowest BCUT2D eigenvalue weighted by Crippen LogP contribution is -1.92. The van der Waals surface area contributed by atoms with E-state index >= 15 is 0 Å². The largest absolute Gasteiger partial charge is 0.206 e. The topological polar surface area (TPSA) is 0 Å². The molecule has 0 aliphatic heterocycles. The first-order valence-corrected chi connectivity index (χ1v) is 5.95. The lowest BCUT2D eigenvalue weighted by atomic mass is 9.95. The third kappa shape index (κ3) is 2.38. The highest BCUT2D eigenvalue weighted by Gasteiger charge is 2.09. The molecular weight excluding hydrogens is 211 g/mol. The van der Waals surface area contributed by atoms with Gasteiger partial charge < -0.3 is 0 Å². The lowest BCUT2D eigenvalue weighted by Gasteiger charge is -2.11. The molecule has 88 valence electrons. The smallest absolute Gasteiger partial charge is 0.131 e. The minimum absolute atomic E-state index is 0.149. The zero-order valence-electron chi connectivity index (χ0n) is 10.5. The molecule has 17 heavy (non-hydrogen) atoms. The Morgan fingerprint density at radius 3 is 2.29 bits per heavy atom. The molecular formula is C16H17F. The van der Waals surface area contributed by atoms with E-state index in [9.17, 15) is 4.39 Å². The molecule has 0 amide bonds. The highest BCUT2D eigenvalue weighted by molar-refractivity contribution is 5.68. The van der Waals surface area contributed by atoms with Crippen LogP contribution in [0.1, 0.15) is 30.9 Å². The summed E-state index contributed by atoms with van der Waals surface area (Å²) in [4.78, 5) is 0.